The van der Waals surface area contributed by atoms with E-state index in [1.165, 1.54) is 0 Å². The van der Waals surface area contributed by atoms with Gasteiger partial charge >= 0.3 is 0 Å². The van der Waals surface area contributed by atoms with Gasteiger partial charge < -0.3 is 16.4 Å². The number of nitrogens with two attached hydrogens (primary N) is 1. The highest BCUT2D eigenvalue weighted by Crippen LogP contribution is 2.20. The number of hydrogen-bond donors (Lipinski definition) is 3. The molecule has 1 aromatic carbocycles. The van der Waals surface area contributed by atoms with Crippen LogP contribution in [0.4, 0.5) is 14.5 Å². The number of primary amides is 1. The molecular formula is C13H15F2N3O2. The Labute approximate surface area is 114 Å². The Kier molecular flexibility index (Phi) is 4.29. The maximum Gasteiger partial charge on any atom is 0.251 e. The minimum atomic E-state index is -1.05. The normalized spacial score (nSPS) is 18.0. The van der Waals surface area contributed by atoms with Crippen LogP contribution in [0.2, 0.25) is 0 Å². The Morgan fingerprint density at radius 3 is 2.70 bits per heavy atom. The minimum Gasteiger partial charge on any atom is -0.366 e. The first-order chi connectivity index (χ1) is 9.47. The Hall–Kier alpha value is -2.02. The number of carbonyl (C=O) groups excluding carboxylic acids is 2. The van der Waals surface area contributed by atoms with Crippen LogP contribution in [0.3, 0.4) is 0 Å². The average Bonchev–Trinajstić information content (AvgIpc) is 2.84. The standard InChI is InChI=1S/C13H15F2N3O2/c14-9-5-10(15)11(4-8(9)13(16)20)18-12(19)3-7-1-2-17-6-7/h4-5,7,17H,1-3,6H2,(H2,16,20)(H,18,19). The topological polar surface area (TPSA) is 84.2 Å². The predicted molar refractivity (Wildman–Crippen MR) is 69.1 cm³/mol. The smallest absolute Gasteiger partial charge is 0.251 e. The molecule has 1 atom stereocenters. The van der Waals surface area contributed by atoms with Gasteiger partial charge in [-0.2, -0.15) is 0 Å². The van der Waals surface area contributed by atoms with Crippen LogP contribution in [0.5, 0.6) is 0 Å². The lowest BCUT2D eigenvalue weighted by Crippen LogP contribution is -2.20. The summed E-state index contributed by atoms with van der Waals surface area (Å²) in [5, 5.41) is 5.46. The highest BCUT2D eigenvalue weighted by atomic mass is 19.1. The lowest BCUT2D eigenvalue weighted by atomic mass is 10.0. The molecule has 1 aliphatic heterocycles. The Bertz CT molecular complexity index is 543. The Balaban J connectivity index is 2.09. The van der Waals surface area contributed by atoms with Crippen molar-refractivity contribution in [3.05, 3.63) is 29.3 Å². The van der Waals surface area contributed by atoms with Crippen LogP contribution in [-0.2, 0) is 4.79 Å². The van der Waals surface area contributed by atoms with Crippen molar-refractivity contribution in [1.82, 2.24) is 5.32 Å². The molecule has 0 aliphatic carbocycles. The van der Waals surface area contributed by atoms with Gasteiger partial charge in [-0.1, -0.05) is 0 Å². The number of nitrogens with one attached hydrogen (secondary N) is 2. The molecule has 1 unspecified atom stereocenters. The lowest BCUT2D eigenvalue weighted by molar-refractivity contribution is -0.117. The van der Waals surface area contributed by atoms with Crippen molar-refractivity contribution >= 4 is 17.5 Å². The molecule has 1 fully saturated rings. The fourth-order valence-electron chi connectivity index (χ4n) is 2.19. The SMILES string of the molecule is NC(=O)c1cc(NC(=O)CC2CCNC2)c(F)cc1F. The van der Waals surface area contributed by atoms with Crippen LogP contribution in [0, 0.1) is 17.6 Å². The zero-order valence-corrected chi connectivity index (χ0v) is 10.7. The molecule has 0 spiro atoms. The molecule has 1 saturated heterocycles. The third kappa shape index (κ3) is 3.30. The molecule has 1 aliphatic rings. The lowest BCUT2D eigenvalue weighted by Gasteiger charge is -2.11. The second kappa shape index (κ2) is 5.96. The number of halogens is 2. The van der Waals surface area contributed by atoms with Crippen molar-refractivity contribution in [3.8, 4) is 0 Å². The van der Waals surface area contributed by atoms with Crippen LogP contribution in [0.1, 0.15) is 23.2 Å². The number of anilines is 1. The largest absolute Gasteiger partial charge is 0.366 e. The molecule has 4 N–H and O–H groups in total. The summed E-state index contributed by atoms with van der Waals surface area (Å²) in [6.45, 7) is 1.60. The molecule has 7 heteroatoms. The molecule has 20 heavy (non-hydrogen) atoms. The molecule has 5 nitrogen and oxygen atoms in total. The summed E-state index contributed by atoms with van der Waals surface area (Å²) in [5.74, 6) is -3.18. The summed E-state index contributed by atoms with van der Waals surface area (Å²) in [7, 11) is 0. The van der Waals surface area contributed by atoms with Gasteiger partial charge in [-0.15, -0.1) is 0 Å². The van der Waals surface area contributed by atoms with Gasteiger partial charge in [-0.3, -0.25) is 9.59 Å². The van der Waals surface area contributed by atoms with E-state index in [0.29, 0.717) is 6.07 Å². The van der Waals surface area contributed by atoms with Crippen LogP contribution >= 0.6 is 0 Å². The van der Waals surface area contributed by atoms with Crippen molar-refractivity contribution in [1.29, 1.82) is 0 Å². The van der Waals surface area contributed by atoms with E-state index in [1.807, 2.05) is 0 Å². The van der Waals surface area contributed by atoms with Gasteiger partial charge in [0.1, 0.15) is 11.6 Å². The van der Waals surface area contributed by atoms with Gasteiger partial charge in [0, 0.05) is 12.5 Å². The van der Waals surface area contributed by atoms with E-state index in [-0.39, 0.29) is 23.9 Å². The van der Waals surface area contributed by atoms with Gasteiger partial charge in [0.2, 0.25) is 5.91 Å². The minimum absolute atomic E-state index is 0.203. The maximum absolute atomic E-state index is 13.5. The average molecular weight is 283 g/mol. The van der Waals surface area contributed by atoms with Crippen LogP contribution in [0.25, 0.3) is 0 Å². The molecule has 108 valence electrons. The van der Waals surface area contributed by atoms with Gasteiger partial charge in [-0.05, 0) is 31.5 Å². The van der Waals surface area contributed by atoms with Crippen molar-refractivity contribution < 1.29 is 18.4 Å². The molecule has 0 saturated carbocycles. The van der Waals surface area contributed by atoms with E-state index in [9.17, 15) is 18.4 Å². The van der Waals surface area contributed by atoms with Gasteiger partial charge in [-0.25, -0.2) is 8.78 Å². The van der Waals surface area contributed by atoms with E-state index in [4.69, 9.17) is 5.73 Å². The second-order valence-electron chi connectivity index (χ2n) is 4.79. The molecule has 0 aromatic heterocycles. The maximum atomic E-state index is 13.5. The molecule has 0 radical (unpaired) electrons. The summed E-state index contributed by atoms with van der Waals surface area (Å²) in [4.78, 5) is 22.8. The second-order valence-corrected chi connectivity index (χ2v) is 4.79. The van der Waals surface area contributed by atoms with Crippen LogP contribution in [-0.4, -0.2) is 24.9 Å². The number of carbonyl (C=O) groups is 2. The highest BCUT2D eigenvalue weighted by Gasteiger charge is 2.20. The Morgan fingerprint density at radius 2 is 2.10 bits per heavy atom. The van der Waals surface area contributed by atoms with Crippen molar-refractivity contribution in [2.45, 2.75) is 12.8 Å². The van der Waals surface area contributed by atoms with Gasteiger partial charge in [0.15, 0.2) is 0 Å². The fourth-order valence-corrected chi connectivity index (χ4v) is 2.19. The highest BCUT2D eigenvalue weighted by molar-refractivity contribution is 5.96. The summed E-state index contributed by atoms with van der Waals surface area (Å²) >= 11 is 0. The predicted octanol–water partition coefficient (Wildman–Crippen LogP) is 1.00. The van der Waals surface area contributed by atoms with Crippen molar-refractivity contribution in [3.63, 3.8) is 0 Å². The van der Waals surface area contributed by atoms with E-state index < -0.39 is 23.1 Å². The zero-order chi connectivity index (χ0) is 14.7. The third-order valence-electron chi connectivity index (χ3n) is 3.23. The van der Waals surface area contributed by atoms with Crippen LogP contribution < -0.4 is 16.4 Å². The molecule has 1 aromatic rings. The summed E-state index contributed by atoms with van der Waals surface area (Å²) in [6, 6.07) is 1.45. The first kappa shape index (κ1) is 14.4. The molecule has 2 amide bonds. The summed E-state index contributed by atoms with van der Waals surface area (Å²) in [6.07, 6.45) is 1.13. The van der Waals surface area contributed by atoms with E-state index >= 15 is 0 Å². The zero-order valence-electron chi connectivity index (χ0n) is 10.7. The summed E-state index contributed by atoms with van der Waals surface area (Å²) < 4.78 is 26.8. The van der Waals surface area contributed by atoms with Gasteiger partial charge in [0.05, 0.1) is 11.3 Å². The first-order valence-corrected chi connectivity index (χ1v) is 6.26. The van der Waals surface area contributed by atoms with E-state index in [1.54, 1.807) is 0 Å². The summed E-state index contributed by atoms with van der Waals surface area (Å²) in [5.41, 5.74) is 4.28. The van der Waals surface area contributed by atoms with Crippen LogP contribution in [0.15, 0.2) is 12.1 Å². The number of hydrogen-bond acceptors (Lipinski definition) is 3. The third-order valence-corrected chi connectivity index (χ3v) is 3.23. The monoisotopic (exact) mass is 283 g/mol. The molecule has 0 bridgehead atoms. The number of benzene rings is 1. The van der Waals surface area contributed by atoms with E-state index in [2.05, 4.69) is 10.6 Å². The molecular weight excluding hydrogens is 268 g/mol. The molecule has 1 heterocycles. The van der Waals surface area contributed by atoms with Crippen molar-refractivity contribution in [2.75, 3.05) is 18.4 Å². The number of rotatable bonds is 4. The number of amides is 2. The molecule has 2 rings (SSSR count). The first-order valence-electron chi connectivity index (χ1n) is 6.26. The Morgan fingerprint density at radius 1 is 1.35 bits per heavy atom. The van der Waals surface area contributed by atoms with E-state index in [0.717, 1.165) is 25.6 Å². The van der Waals surface area contributed by atoms with Crippen molar-refractivity contribution in [2.24, 2.45) is 11.7 Å². The fraction of sp³-hybridized carbons (Fsp3) is 0.385. The van der Waals surface area contributed by atoms with Gasteiger partial charge in [0.25, 0.3) is 5.91 Å². The quantitative estimate of drug-likeness (QED) is 0.770.